The molecule has 0 unspecified atom stereocenters. The minimum atomic E-state index is -0.681. The molecule has 158 valence electrons. The van der Waals surface area contributed by atoms with Crippen molar-refractivity contribution in [3.8, 4) is 11.4 Å². The second-order valence-corrected chi connectivity index (χ2v) is 7.81. The number of carbonyl (C=O) groups excluding carboxylic acids is 2. The number of amides is 2. The summed E-state index contributed by atoms with van der Waals surface area (Å²) >= 11 is 1.43. The number of hydrogen-bond acceptors (Lipinski definition) is 5. The summed E-state index contributed by atoms with van der Waals surface area (Å²) in [6, 6.07) is 15.2. The number of benzene rings is 2. The van der Waals surface area contributed by atoms with Crippen LogP contribution in [0.5, 0.6) is 0 Å². The first-order valence-electron chi connectivity index (χ1n) is 9.74. The molecule has 9 heteroatoms. The Hall–Kier alpha value is -3.59. The van der Waals surface area contributed by atoms with Gasteiger partial charge in [-0.25, -0.2) is 8.91 Å². The zero-order valence-corrected chi connectivity index (χ0v) is 17.5. The Bertz CT molecular complexity index is 1200. The lowest BCUT2D eigenvalue weighted by molar-refractivity contribution is -0.139. The summed E-state index contributed by atoms with van der Waals surface area (Å²) in [5, 5.41) is 11.7. The van der Waals surface area contributed by atoms with Gasteiger partial charge in [-0.15, -0.1) is 16.4 Å². The number of hydrogen-bond donors (Lipinski definition) is 2. The van der Waals surface area contributed by atoms with E-state index in [0.717, 1.165) is 16.8 Å². The van der Waals surface area contributed by atoms with Gasteiger partial charge in [-0.3, -0.25) is 9.59 Å². The molecule has 31 heavy (non-hydrogen) atoms. The lowest BCUT2D eigenvalue weighted by atomic mass is 10.1. The Balaban J connectivity index is 1.33. The molecule has 0 radical (unpaired) electrons. The normalized spacial score (nSPS) is 11.9. The highest BCUT2D eigenvalue weighted by molar-refractivity contribution is 7.15. The number of halogens is 1. The highest BCUT2D eigenvalue weighted by atomic mass is 32.1. The van der Waals surface area contributed by atoms with Gasteiger partial charge in [0.1, 0.15) is 5.82 Å². The maximum Gasteiger partial charge on any atom is 0.309 e. The smallest absolute Gasteiger partial charge is 0.309 e. The number of nitrogens with zero attached hydrogens (tertiary/aromatic N) is 3. The van der Waals surface area contributed by atoms with E-state index in [9.17, 15) is 14.0 Å². The zero-order valence-electron chi connectivity index (χ0n) is 16.7. The Kier molecular flexibility index (Phi) is 6.03. The molecular formula is C22H20FN5O2S. The summed E-state index contributed by atoms with van der Waals surface area (Å²) in [4.78, 5) is 29.4. The van der Waals surface area contributed by atoms with Gasteiger partial charge in [-0.05, 0) is 36.8 Å². The molecule has 0 fully saturated rings. The van der Waals surface area contributed by atoms with Crippen molar-refractivity contribution in [2.75, 3.05) is 6.54 Å². The summed E-state index contributed by atoms with van der Waals surface area (Å²) in [7, 11) is 0. The number of thiazole rings is 1. The predicted octanol–water partition coefficient (Wildman–Crippen LogP) is 3.13. The van der Waals surface area contributed by atoms with Crippen LogP contribution in [0.4, 0.5) is 4.39 Å². The molecule has 2 amide bonds. The van der Waals surface area contributed by atoms with E-state index >= 15 is 0 Å². The van der Waals surface area contributed by atoms with E-state index in [1.54, 1.807) is 16.6 Å². The van der Waals surface area contributed by atoms with Crippen LogP contribution in [0, 0.1) is 5.82 Å². The van der Waals surface area contributed by atoms with Crippen LogP contribution in [0.3, 0.4) is 0 Å². The number of rotatable bonds is 6. The van der Waals surface area contributed by atoms with Gasteiger partial charge in [0.05, 0.1) is 11.7 Å². The molecule has 2 aromatic carbocycles. The molecule has 2 heterocycles. The van der Waals surface area contributed by atoms with Gasteiger partial charge in [-0.2, -0.15) is 4.98 Å². The third-order valence-corrected chi connectivity index (χ3v) is 5.64. The maximum absolute atomic E-state index is 13.1. The molecule has 2 N–H and O–H groups in total. The molecule has 0 aliphatic rings. The van der Waals surface area contributed by atoms with E-state index in [-0.39, 0.29) is 18.4 Å². The van der Waals surface area contributed by atoms with Gasteiger partial charge in [0.2, 0.25) is 4.96 Å². The summed E-state index contributed by atoms with van der Waals surface area (Å²) in [5.41, 5.74) is 2.51. The third kappa shape index (κ3) is 4.77. The maximum atomic E-state index is 13.1. The first-order valence-corrected chi connectivity index (χ1v) is 10.6. The Morgan fingerprint density at radius 1 is 1.10 bits per heavy atom. The van der Waals surface area contributed by atoms with Crippen molar-refractivity contribution in [2.24, 2.45) is 0 Å². The minimum absolute atomic E-state index is 0.268. The van der Waals surface area contributed by atoms with Crippen LogP contribution in [0.1, 0.15) is 24.2 Å². The molecule has 0 bridgehead atoms. The molecular weight excluding hydrogens is 417 g/mol. The molecule has 2 aromatic heterocycles. The molecule has 0 saturated heterocycles. The van der Waals surface area contributed by atoms with E-state index in [2.05, 4.69) is 20.7 Å². The van der Waals surface area contributed by atoms with Gasteiger partial charge in [0, 0.05) is 23.9 Å². The van der Waals surface area contributed by atoms with Crippen molar-refractivity contribution in [1.82, 2.24) is 25.2 Å². The topological polar surface area (TPSA) is 88.4 Å². The largest absolute Gasteiger partial charge is 0.347 e. The van der Waals surface area contributed by atoms with Crippen LogP contribution >= 0.6 is 11.3 Å². The fourth-order valence-corrected chi connectivity index (χ4v) is 3.95. The summed E-state index contributed by atoms with van der Waals surface area (Å²) < 4.78 is 14.8. The monoisotopic (exact) mass is 437 g/mol. The molecule has 0 aliphatic carbocycles. The number of nitrogens with one attached hydrogen (secondary N) is 2. The Morgan fingerprint density at radius 2 is 1.84 bits per heavy atom. The lowest BCUT2D eigenvalue weighted by Gasteiger charge is -2.13. The first kappa shape index (κ1) is 20.7. The average molecular weight is 438 g/mol. The molecule has 4 rings (SSSR count). The first-order chi connectivity index (χ1) is 15.0. The Labute approximate surface area is 181 Å². The number of carbonyl (C=O) groups is 2. The number of fused-ring (bicyclic) bond motifs is 1. The van der Waals surface area contributed by atoms with E-state index in [1.165, 1.54) is 23.5 Å². The summed E-state index contributed by atoms with van der Waals surface area (Å²) in [5.74, 6) is -1.17. The fourth-order valence-electron chi connectivity index (χ4n) is 3.09. The molecule has 0 spiro atoms. The highest BCUT2D eigenvalue weighted by Crippen LogP contribution is 2.21. The van der Waals surface area contributed by atoms with Crippen molar-refractivity contribution in [3.63, 3.8) is 0 Å². The van der Waals surface area contributed by atoms with E-state index < -0.39 is 11.8 Å². The highest BCUT2D eigenvalue weighted by Gasteiger charge is 2.17. The van der Waals surface area contributed by atoms with Crippen LogP contribution in [0.25, 0.3) is 16.3 Å². The lowest BCUT2D eigenvalue weighted by Crippen LogP contribution is -2.41. The molecule has 4 aromatic rings. The second-order valence-electron chi connectivity index (χ2n) is 6.98. The molecule has 7 nitrogen and oxygen atoms in total. The van der Waals surface area contributed by atoms with E-state index in [0.29, 0.717) is 17.2 Å². The average Bonchev–Trinajstić information content (AvgIpc) is 3.36. The van der Waals surface area contributed by atoms with Crippen molar-refractivity contribution < 1.29 is 14.0 Å². The number of aromatic nitrogens is 3. The summed E-state index contributed by atoms with van der Waals surface area (Å²) in [6.07, 6.45) is 0.486. The van der Waals surface area contributed by atoms with Gasteiger partial charge < -0.3 is 10.6 Å². The van der Waals surface area contributed by atoms with Gasteiger partial charge in [-0.1, -0.05) is 30.3 Å². The van der Waals surface area contributed by atoms with Gasteiger partial charge >= 0.3 is 11.8 Å². The van der Waals surface area contributed by atoms with Crippen LogP contribution in [-0.4, -0.2) is 33.0 Å². The predicted molar refractivity (Wildman–Crippen MR) is 116 cm³/mol. The zero-order chi connectivity index (χ0) is 21.8. The standard InChI is InChI=1S/C22H20FN5O2S/c1-14(15-5-3-2-4-6-15)25-21(30)20(29)24-12-11-18-13-31-22-26-19(27-28(18)22)16-7-9-17(23)10-8-16/h2-10,13-14H,11-12H2,1H3,(H,24,29)(H,25,30)/t14-/m0/s1. The van der Waals surface area contributed by atoms with Crippen molar-refractivity contribution >= 4 is 28.1 Å². The second kappa shape index (κ2) is 9.05. The van der Waals surface area contributed by atoms with E-state index in [4.69, 9.17) is 0 Å². The molecule has 0 saturated carbocycles. The van der Waals surface area contributed by atoms with Gasteiger partial charge in [0.25, 0.3) is 0 Å². The fraction of sp³-hybridized carbons (Fsp3) is 0.182. The van der Waals surface area contributed by atoms with Crippen molar-refractivity contribution in [2.45, 2.75) is 19.4 Å². The van der Waals surface area contributed by atoms with E-state index in [1.807, 2.05) is 42.6 Å². The van der Waals surface area contributed by atoms with Crippen molar-refractivity contribution in [1.29, 1.82) is 0 Å². The molecule has 1 atom stereocenters. The SMILES string of the molecule is C[C@H](NC(=O)C(=O)NCCc1csc2nc(-c3ccc(F)cc3)nn12)c1ccccc1. The minimum Gasteiger partial charge on any atom is -0.347 e. The quantitative estimate of drug-likeness (QED) is 0.454. The van der Waals surface area contributed by atoms with Crippen LogP contribution < -0.4 is 10.6 Å². The Morgan fingerprint density at radius 3 is 2.58 bits per heavy atom. The molecule has 0 aliphatic heterocycles. The van der Waals surface area contributed by atoms with Crippen LogP contribution in [-0.2, 0) is 16.0 Å². The van der Waals surface area contributed by atoms with Crippen molar-refractivity contribution in [3.05, 3.63) is 77.1 Å². The summed E-state index contributed by atoms with van der Waals surface area (Å²) in [6.45, 7) is 2.11. The van der Waals surface area contributed by atoms with Crippen LogP contribution in [0.2, 0.25) is 0 Å². The third-order valence-electron chi connectivity index (χ3n) is 4.77. The van der Waals surface area contributed by atoms with Gasteiger partial charge in [0.15, 0.2) is 5.82 Å². The van der Waals surface area contributed by atoms with Crippen LogP contribution in [0.15, 0.2) is 60.0 Å².